The van der Waals surface area contributed by atoms with Crippen molar-refractivity contribution in [1.29, 1.82) is 0 Å². The minimum absolute atomic E-state index is 0.238. The highest BCUT2D eigenvalue weighted by Gasteiger charge is 2.10. The standard InChI is InChI=1S/C10H11BrN4O.C3H9N.CH3ClO/c11-6-1-2-7-8(5-6)15-9(14-7)10(16)13-4-3-12;1-2-3-4;1-3-2/h1-2,5H,3-4,12H2,(H,13,16)(H,14,15);2-4H2,1H3;1H3. The maximum atomic E-state index is 11.6. The number of hydrogen-bond acceptors (Lipinski definition) is 5. The molecule has 9 heteroatoms. The number of rotatable bonds is 4. The first-order valence-electron chi connectivity index (χ1n) is 7.02. The molecule has 0 radical (unpaired) electrons. The van der Waals surface area contributed by atoms with E-state index in [4.69, 9.17) is 11.5 Å². The molecule has 0 bridgehead atoms. The highest BCUT2D eigenvalue weighted by molar-refractivity contribution is 9.10. The summed E-state index contributed by atoms with van der Waals surface area (Å²) in [4.78, 5) is 18.7. The lowest BCUT2D eigenvalue weighted by atomic mass is 10.3. The zero-order chi connectivity index (χ0) is 17.7. The number of fused-ring (bicyclic) bond motifs is 1. The first kappa shape index (κ1) is 21.8. The van der Waals surface area contributed by atoms with Crippen LogP contribution < -0.4 is 16.8 Å². The van der Waals surface area contributed by atoms with E-state index < -0.39 is 0 Å². The first-order chi connectivity index (χ1) is 11.0. The second kappa shape index (κ2) is 13.3. The zero-order valence-corrected chi connectivity index (χ0v) is 15.6. The highest BCUT2D eigenvalue weighted by Crippen LogP contribution is 2.17. The second-order valence-electron chi connectivity index (χ2n) is 4.23. The number of carbonyl (C=O) groups excluding carboxylic acids is 1. The van der Waals surface area contributed by atoms with Crippen molar-refractivity contribution in [3.05, 3.63) is 28.5 Å². The average molecular weight is 409 g/mol. The van der Waals surface area contributed by atoms with E-state index in [1.54, 1.807) is 0 Å². The molecule has 23 heavy (non-hydrogen) atoms. The van der Waals surface area contributed by atoms with E-state index in [1.165, 1.54) is 7.11 Å². The highest BCUT2D eigenvalue weighted by atomic mass is 79.9. The molecule has 1 amide bonds. The molecule has 2 rings (SSSR count). The SMILES string of the molecule is CCCN.COCl.NCCNC(=O)c1nc2ccc(Br)cc2[nH]1. The third kappa shape index (κ3) is 8.87. The Morgan fingerprint density at radius 2 is 2.04 bits per heavy atom. The molecule has 0 fully saturated rings. The number of amides is 1. The van der Waals surface area contributed by atoms with Crippen molar-refractivity contribution < 1.29 is 9.08 Å². The van der Waals surface area contributed by atoms with E-state index in [0.29, 0.717) is 18.9 Å². The van der Waals surface area contributed by atoms with Gasteiger partial charge in [0.15, 0.2) is 5.82 Å². The molecule has 0 aliphatic carbocycles. The van der Waals surface area contributed by atoms with Crippen LogP contribution in [-0.2, 0) is 4.29 Å². The molecule has 1 aromatic carbocycles. The lowest BCUT2D eigenvalue weighted by Gasteiger charge is -1.98. The van der Waals surface area contributed by atoms with Gasteiger partial charge in [-0.3, -0.25) is 9.08 Å². The minimum Gasteiger partial charge on any atom is -0.348 e. The average Bonchev–Trinajstić information content (AvgIpc) is 2.96. The van der Waals surface area contributed by atoms with Gasteiger partial charge in [0.25, 0.3) is 5.91 Å². The fraction of sp³-hybridized carbons (Fsp3) is 0.429. The number of aromatic amines is 1. The van der Waals surface area contributed by atoms with Gasteiger partial charge in [-0.25, -0.2) is 4.98 Å². The number of aromatic nitrogens is 2. The van der Waals surface area contributed by atoms with E-state index >= 15 is 0 Å². The predicted molar refractivity (Wildman–Crippen MR) is 97.4 cm³/mol. The second-order valence-corrected chi connectivity index (χ2v) is 5.46. The van der Waals surface area contributed by atoms with Crippen molar-refractivity contribution >= 4 is 44.7 Å². The molecule has 7 nitrogen and oxygen atoms in total. The Balaban J connectivity index is 0.000000591. The number of hydrogen-bond donors (Lipinski definition) is 4. The van der Waals surface area contributed by atoms with Crippen LogP contribution in [0.25, 0.3) is 11.0 Å². The Morgan fingerprint density at radius 1 is 1.43 bits per heavy atom. The summed E-state index contributed by atoms with van der Waals surface area (Å²) in [6.45, 7) is 3.73. The van der Waals surface area contributed by atoms with Gasteiger partial charge in [-0.2, -0.15) is 0 Å². The van der Waals surface area contributed by atoms with Crippen LogP contribution in [-0.4, -0.2) is 42.6 Å². The fourth-order valence-corrected chi connectivity index (χ4v) is 1.72. The van der Waals surface area contributed by atoms with Crippen LogP contribution >= 0.6 is 27.8 Å². The van der Waals surface area contributed by atoms with Gasteiger partial charge < -0.3 is 21.8 Å². The van der Waals surface area contributed by atoms with Gasteiger partial charge in [-0.15, -0.1) is 0 Å². The Hall–Kier alpha value is -1.19. The van der Waals surface area contributed by atoms with E-state index in [1.807, 2.05) is 18.2 Å². The molecule has 1 aromatic heterocycles. The molecule has 0 spiro atoms. The van der Waals surface area contributed by atoms with Gasteiger partial charge in [0.05, 0.1) is 30.0 Å². The molecule has 0 unspecified atom stereocenters. The Morgan fingerprint density at radius 3 is 2.57 bits per heavy atom. The summed E-state index contributed by atoms with van der Waals surface area (Å²) >= 11 is 7.85. The van der Waals surface area contributed by atoms with Crippen molar-refractivity contribution in [3.63, 3.8) is 0 Å². The number of halogens is 2. The topological polar surface area (TPSA) is 119 Å². The predicted octanol–water partition coefficient (Wildman–Crippen LogP) is 2.16. The number of carbonyl (C=O) groups is 1. The maximum Gasteiger partial charge on any atom is 0.287 e. The molecule has 130 valence electrons. The van der Waals surface area contributed by atoms with Gasteiger partial charge in [0, 0.05) is 17.6 Å². The molecule has 0 aliphatic rings. The smallest absolute Gasteiger partial charge is 0.287 e. The summed E-state index contributed by atoms with van der Waals surface area (Å²) in [5.74, 6) is 0.0688. The van der Waals surface area contributed by atoms with Crippen LogP contribution in [0, 0.1) is 0 Å². The van der Waals surface area contributed by atoms with Crippen LogP contribution in [0.1, 0.15) is 24.0 Å². The third-order valence-electron chi connectivity index (χ3n) is 2.38. The molecule has 2 aromatic rings. The van der Waals surface area contributed by atoms with Crippen molar-refractivity contribution in [3.8, 4) is 0 Å². The molecule has 0 aliphatic heterocycles. The van der Waals surface area contributed by atoms with Crippen molar-refractivity contribution in [2.45, 2.75) is 13.3 Å². The number of nitrogens with two attached hydrogens (primary N) is 2. The summed E-state index contributed by atoms with van der Waals surface area (Å²) in [5, 5.41) is 2.65. The van der Waals surface area contributed by atoms with Crippen molar-refractivity contribution in [2.75, 3.05) is 26.7 Å². The number of benzene rings is 1. The molecule has 0 saturated heterocycles. The normalized spacial score (nSPS) is 9.48. The lowest BCUT2D eigenvalue weighted by molar-refractivity contribution is 0.0945. The van der Waals surface area contributed by atoms with E-state index in [9.17, 15) is 4.79 Å². The summed E-state index contributed by atoms with van der Waals surface area (Å²) in [6.07, 6.45) is 1.10. The molecular formula is C14H23BrClN5O2. The van der Waals surface area contributed by atoms with Gasteiger partial charge in [-0.05, 0) is 31.2 Å². The minimum atomic E-state index is -0.238. The fourth-order valence-electron chi connectivity index (χ4n) is 1.36. The van der Waals surface area contributed by atoms with Crippen LogP contribution in [0.3, 0.4) is 0 Å². The van der Waals surface area contributed by atoms with Crippen LogP contribution in [0.5, 0.6) is 0 Å². The summed E-state index contributed by atoms with van der Waals surface area (Å²) in [7, 11) is 1.39. The Bertz CT molecular complexity index is 577. The quantitative estimate of drug-likeness (QED) is 0.618. The maximum absolute atomic E-state index is 11.6. The van der Waals surface area contributed by atoms with Crippen LogP contribution in [0.4, 0.5) is 0 Å². The lowest BCUT2D eigenvalue weighted by Crippen LogP contribution is -2.29. The summed E-state index contributed by atoms with van der Waals surface area (Å²) in [6, 6.07) is 5.60. The Labute approximate surface area is 149 Å². The third-order valence-corrected chi connectivity index (χ3v) is 2.87. The zero-order valence-electron chi connectivity index (χ0n) is 13.2. The molecule has 6 N–H and O–H groups in total. The molecular weight excluding hydrogens is 386 g/mol. The van der Waals surface area contributed by atoms with Crippen molar-refractivity contribution in [1.82, 2.24) is 15.3 Å². The number of imidazole rings is 1. The van der Waals surface area contributed by atoms with Crippen LogP contribution in [0.2, 0.25) is 0 Å². The molecule has 0 saturated carbocycles. The monoisotopic (exact) mass is 407 g/mol. The van der Waals surface area contributed by atoms with Crippen molar-refractivity contribution in [2.24, 2.45) is 11.5 Å². The van der Waals surface area contributed by atoms with Gasteiger partial charge >= 0.3 is 0 Å². The first-order valence-corrected chi connectivity index (χ1v) is 8.12. The van der Waals surface area contributed by atoms with Crippen LogP contribution in [0.15, 0.2) is 22.7 Å². The number of H-pyrrole nitrogens is 1. The largest absolute Gasteiger partial charge is 0.348 e. The van der Waals surface area contributed by atoms with E-state index in [-0.39, 0.29) is 5.91 Å². The van der Waals surface area contributed by atoms with E-state index in [2.05, 4.69) is 54.3 Å². The van der Waals surface area contributed by atoms with Gasteiger partial charge in [-0.1, -0.05) is 22.9 Å². The van der Waals surface area contributed by atoms with Gasteiger partial charge in [0.1, 0.15) is 0 Å². The number of nitrogens with zero attached hydrogens (tertiary/aromatic N) is 1. The summed E-state index contributed by atoms with van der Waals surface area (Å²) in [5.41, 5.74) is 11.9. The molecule has 0 atom stereocenters. The van der Waals surface area contributed by atoms with E-state index in [0.717, 1.165) is 28.5 Å². The number of nitrogens with one attached hydrogen (secondary N) is 2. The summed E-state index contributed by atoms with van der Waals surface area (Å²) < 4.78 is 4.66. The Kier molecular flexibility index (Phi) is 12.6. The molecule has 1 heterocycles. The van der Waals surface area contributed by atoms with Gasteiger partial charge in [0.2, 0.25) is 0 Å².